The van der Waals surface area contributed by atoms with Gasteiger partial charge in [0.15, 0.2) is 5.58 Å². The number of hydrogen-bond donors (Lipinski definition) is 0. The first-order valence-corrected chi connectivity index (χ1v) is 33.3. The van der Waals surface area contributed by atoms with Gasteiger partial charge in [0.25, 0.3) is 0 Å². The van der Waals surface area contributed by atoms with Gasteiger partial charge >= 0.3 is 0 Å². The van der Waals surface area contributed by atoms with Crippen LogP contribution in [0.25, 0.3) is 54.6 Å². The molecule has 9 aromatic rings. The van der Waals surface area contributed by atoms with Crippen molar-refractivity contribution in [3.05, 3.63) is 198 Å². The van der Waals surface area contributed by atoms with E-state index in [0.717, 1.165) is 56.1 Å². The van der Waals surface area contributed by atoms with Gasteiger partial charge in [-0.2, -0.15) is 0 Å². The number of nitrogens with zero attached hydrogens (tertiary/aromatic N) is 2. The van der Waals surface area contributed by atoms with Gasteiger partial charge in [-0.3, -0.25) is 0 Å². The van der Waals surface area contributed by atoms with E-state index < -0.39 is 16.1 Å². The van der Waals surface area contributed by atoms with Gasteiger partial charge in [0, 0.05) is 50.7 Å². The maximum atomic E-state index is 7.61. The molecular formula is C68H74N2OSi2. The molecule has 1 aliphatic carbocycles. The zero-order valence-corrected chi connectivity index (χ0v) is 48.1. The van der Waals surface area contributed by atoms with Crippen molar-refractivity contribution < 1.29 is 4.42 Å². The van der Waals surface area contributed by atoms with Gasteiger partial charge in [-0.25, -0.2) is 0 Å². The number of anilines is 5. The summed E-state index contributed by atoms with van der Waals surface area (Å²) in [7, 11) is -3.15. The summed E-state index contributed by atoms with van der Waals surface area (Å²) in [5.41, 5.74) is 15.5. The van der Waals surface area contributed by atoms with E-state index in [1.54, 1.807) is 0 Å². The summed E-state index contributed by atoms with van der Waals surface area (Å²) in [6.07, 6.45) is 6.46. The minimum absolute atomic E-state index is 0.00751. The Morgan fingerprint density at radius 1 is 0.562 bits per heavy atom. The van der Waals surface area contributed by atoms with Gasteiger partial charge in [0.1, 0.15) is 5.58 Å². The van der Waals surface area contributed by atoms with Crippen LogP contribution in [0, 0.1) is 5.41 Å². The fourth-order valence-corrected chi connectivity index (χ4v) is 13.4. The average molecular weight is 992 g/mol. The van der Waals surface area contributed by atoms with E-state index in [1.807, 2.05) is 6.08 Å². The van der Waals surface area contributed by atoms with Gasteiger partial charge in [-0.05, 0) is 134 Å². The minimum atomic E-state index is -1.59. The van der Waals surface area contributed by atoms with Crippen molar-refractivity contribution in [2.75, 3.05) is 9.80 Å². The third kappa shape index (κ3) is 8.72. The molecule has 0 atom stereocenters. The summed E-state index contributed by atoms with van der Waals surface area (Å²) in [5.74, 6) is 0. The van der Waals surface area contributed by atoms with Crippen molar-refractivity contribution in [1.82, 2.24) is 0 Å². The van der Waals surface area contributed by atoms with Gasteiger partial charge in [0.05, 0.1) is 21.8 Å². The van der Waals surface area contributed by atoms with Gasteiger partial charge in [0.2, 0.25) is 0 Å². The SMILES string of the molecule is C=C/C(=C\C=C(/C)C(C)(C)C)N(c1ccc([Si](C)(C)C)cc1)c1ccc2c(c1)oc1c(N(c3ccc(C(C)(C)C)cc3)c3ccc([Si](C)(C)C)cc3)cc3c(c12)-c1c(c2ccccc2c2ccccc12)C3(C)C. The van der Waals surface area contributed by atoms with Crippen LogP contribution in [0.1, 0.15) is 79.0 Å². The molecule has 1 aromatic heterocycles. The van der Waals surface area contributed by atoms with Crippen molar-refractivity contribution >= 4 is 98.4 Å². The first kappa shape index (κ1) is 49.9. The maximum absolute atomic E-state index is 7.61. The van der Waals surface area contributed by atoms with Crippen LogP contribution in [0.3, 0.4) is 0 Å². The third-order valence-corrected chi connectivity index (χ3v) is 19.9. The highest BCUT2D eigenvalue weighted by Crippen LogP contribution is 2.60. The standard InChI is InChI=1S/C68H74N2OSi2/c1-17-46(29-26-44(2)66(3,4)5)69(47-32-37-51(38-33-47)72(11,12)13)50-36-41-57-60(42-50)71-65-59(70(48-30-27-45(28-31-48)67(6,7)8)49-34-39-52(40-35-49)73(14,15)16)43-58-63(62(57)65)61-55-24-20-18-22-53(55)54-23-19-21-25-56(54)64(61)68(58,9)10/h17-43H,1H2,2-16H3/b44-26+,46-29+. The summed E-state index contributed by atoms with van der Waals surface area (Å²) in [6, 6.07) is 55.2. The van der Waals surface area contributed by atoms with Gasteiger partial charge in [-0.15, -0.1) is 0 Å². The average Bonchev–Trinajstić information content (AvgIpc) is 3.84. The molecule has 0 aliphatic heterocycles. The Kier molecular flexibility index (Phi) is 12.1. The van der Waals surface area contributed by atoms with Crippen LogP contribution in [-0.2, 0) is 10.8 Å². The van der Waals surface area contributed by atoms with Crippen LogP contribution in [-0.4, -0.2) is 16.1 Å². The molecule has 0 saturated heterocycles. The van der Waals surface area contributed by atoms with Crippen LogP contribution in [0.4, 0.5) is 28.4 Å². The molecular weight excluding hydrogens is 917 g/mol. The molecule has 0 saturated carbocycles. The number of benzene rings is 8. The molecule has 1 aliphatic rings. The van der Waals surface area contributed by atoms with Crippen LogP contribution >= 0.6 is 0 Å². The molecule has 0 bridgehead atoms. The molecule has 0 radical (unpaired) electrons. The van der Waals surface area contributed by atoms with Crippen LogP contribution in [0.2, 0.25) is 39.3 Å². The third-order valence-electron chi connectivity index (χ3n) is 15.8. The van der Waals surface area contributed by atoms with E-state index in [4.69, 9.17) is 4.42 Å². The second-order valence-electron chi connectivity index (χ2n) is 25.2. The second-order valence-corrected chi connectivity index (χ2v) is 35.4. The lowest BCUT2D eigenvalue weighted by molar-refractivity contribution is 0.504. The molecule has 73 heavy (non-hydrogen) atoms. The van der Waals surface area contributed by atoms with E-state index in [2.05, 4.69) is 276 Å². The van der Waals surface area contributed by atoms with Crippen molar-refractivity contribution in [1.29, 1.82) is 0 Å². The summed E-state index contributed by atoms with van der Waals surface area (Å²) in [5, 5.41) is 10.2. The Bertz CT molecular complexity index is 3630. The lowest BCUT2D eigenvalue weighted by atomic mass is 9.79. The zero-order valence-electron chi connectivity index (χ0n) is 46.1. The maximum Gasteiger partial charge on any atom is 0.160 e. The highest BCUT2D eigenvalue weighted by molar-refractivity contribution is 6.89. The Labute approximate surface area is 437 Å². The first-order chi connectivity index (χ1) is 34.4. The normalized spacial score (nSPS) is 14.3. The fraction of sp³-hybridized carbons (Fsp3) is 0.265. The predicted octanol–water partition coefficient (Wildman–Crippen LogP) is 19.3. The number of furan rings is 1. The molecule has 8 aromatic carbocycles. The second kappa shape index (κ2) is 17.8. The smallest absolute Gasteiger partial charge is 0.160 e. The topological polar surface area (TPSA) is 19.6 Å². The Morgan fingerprint density at radius 3 is 1.60 bits per heavy atom. The number of rotatable bonds is 10. The Balaban J connectivity index is 1.31. The lowest BCUT2D eigenvalue weighted by Gasteiger charge is -2.30. The Hall–Kier alpha value is -6.67. The van der Waals surface area contributed by atoms with E-state index in [9.17, 15) is 0 Å². The number of hydrogen-bond acceptors (Lipinski definition) is 3. The summed E-state index contributed by atoms with van der Waals surface area (Å²) in [6.45, 7) is 39.7. The number of fused-ring (bicyclic) bond motifs is 12. The molecule has 10 rings (SSSR count). The lowest BCUT2D eigenvalue weighted by Crippen LogP contribution is -2.37. The molecule has 5 heteroatoms. The fourth-order valence-electron chi connectivity index (χ4n) is 11.1. The largest absolute Gasteiger partial charge is 0.454 e. The van der Waals surface area contributed by atoms with E-state index >= 15 is 0 Å². The van der Waals surface area contributed by atoms with E-state index in [-0.39, 0.29) is 16.2 Å². The highest BCUT2D eigenvalue weighted by Gasteiger charge is 2.42. The molecule has 1 heterocycles. The monoisotopic (exact) mass is 991 g/mol. The molecule has 370 valence electrons. The molecule has 0 spiro atoms. The summed E-state index contributed by atoms with van der Waals surface area (Å²) < 4.78 is 7.61. The van der Waals surface area contributed by atoms with Crippen LogP contribution in [0.5, 0.6) is 0 Å². The molecule has 0 fully saturated rings. The van der Waals surface area contributed by atoms with Crippen LogP contribution in [0.15, 0.2) is 186 Å². The predicted molar refractivity (Wildman–Crippen MR) is 326 cm³/mol. The quantitative estimate of drug-likeness (QED) is 0.0773. The Morgan fingerprint density at radius 2 is 1.07 bits per heavy atom. The first-order valence-electron chi connectivity index (χ1n) is 26.3. The zero-order chi connectivity index (χ0) is 52.2. The van der Waals surface area contributed by atoms with E-state index in [1.165, 1.54) is 65.3 Å². The summed E-state index contributed by atoms with van der Waals surface area (Å²) in [4.78, 5) is 4.79. The number of allylic oxidation sites excluding steroid dienone is 4. The summed E-state index contributed by atoms with van der Waals surface area (Å²) >= 11 is 0. The van der Waals surface area contributed by atoms with E-state index in [0.29, 0.717) is 0 Å². The minimum Gasteiger partial charge on any atom is -0.454 e. The van der Waals surface area contributed by atoms with Crippen molar-refractivity contribution in [2.24, 2.45) is 5.41 Å². The molecule has 0 unspecified atom stereocenters. The molecule has 0 amide bonds. The van der Waals surface area contributed by atoms with Gasteiger partial charge < -0.3 is 14.2 Å². The van der Waals surface area contributed by atoms with Crippen molar-refractivity contribution in [3.8, 4) is 11.1 Å². The highest BCUT2D eigenvalue weighted by atomic mass is 28.3. The van der Waals surface area contributed by atoms with Crippen LogP contribution < -0.4 is 20.2 Å². The molecule has 3 nitrogen and oxygen atoms in total. The van der Waals surface area contributed by atoms with Crippen molar-refractivity contribution in [3.63, 3.8) is 0 Å². The molecule has 0 N–H and O–H groups in total. The van der Waals surface area contributed by atoms with Gasteiger partial charge in [-0.1, -0.05) is 208 Å². The van der Waals surface area contributed by atoms with Crippen molar-refractivity contribution in [2.45, 2.75) is 112 Å².